The van der Waals surface area contributed by atoms with Crippen molar-refractivity contribution < 1.29 is 9.84 Å². The summed E-state index contributed by atoms with van der Waals surface area (Å²) in [4.78, 5) is 0. The molecule has 1 aliphatic carbocycles. The van der Waals surface area contributed by atoms with E-state index in [2.05, 4.69) is 32.0 Å². The molecule has 0 aromatic heterocycles. The van der Waals surface area contributed by atoms with Crippen LogP contribution >= 0.6 is 0 Å². The Bertz CT molecular complexity index is 400. The molecule has 0 spiro atoms. The van der Waals surface area contributed by atoms with E-state index in [4.69, 9.17) is 4.74 Å². The van der Waals surface area contributed by atoms with Gasteiger partial charge in [-0.1, -0.05) is 36.6 Å². The molecule has 1 N–H and O–H groups in total. The van der Waals surface area contributed by atoms with E-state index in [-0.39, 0.29) is 6.10 Å². The molecule has 0 amide bonds. The molecule has 1 aromatic carbocycles. The van der Waals surface area contributed by atoms with Crippen molar-refractivity contribution in [1.82, 2.24) is 0 Å². The Morgan fingerprint density at radius 3 is 2.76 bits per heavy atom. The van der Waals surface area contributed by atoms with Crippen LogP contribution < -0.4 is 0 Å². The fraction of sp³-hybridized carbons (Fsp3) is 0.600. The normalized spacial score (nSPS) is 29.3. The van der Waals surface area contributed by atoms with Gasteiger partial charge in [-0.3, -0.25) is 0 Å². The number of methoxy groups -OCH3 is 1. The summed E-state index contributed by atoms with van der Waals surface area (Å²) in [6.07, 6.45) is 3.89. The van der Waals surface area contributed by atoms with Gasteiger partial charge in [0.15, 0.2) is 0 Å². The molecule has 0 heterocycles. The third-order valence-corrected chi connectivity index (χ3v) is 3.95. The summed E-state index contributed by atoms with van der Waals surface area (Å²) in [6.45, 7) is 4.13. The molecular formula is C15H22O2. The van der Waals surface area contributed by atoms with Crippen molar-refractivity contribution in [2.45, 2.75) is 51.2 Å². The molecule has 0 saturated heterocycles. The summed E-state index contributed by atoms with van der Waals surface area (Å²) in [5.74, 6) is 0. The summed E-state index contributed by atoms with van der Waals surface area (Å²) in [5.41, 5.74) is 2.59. The van der Waals surface area contributed by atoms with Gasteiger partial charge in [0.2, 0.25) is 0 Å². The minimum atomic E-state index is -0.802. The molecule has 0 radical (unpaired) electrons. The summed E-state index contributed by atoms with van der Waals surface area (Å²) >= 11 is 0. The van der Waals surface area contributed by atoms with Crippen LogP contribution in [-0.2, 0) is 10.3 Å². The topological polar surface area (TPSA) is 29.5 Å². The molecule has 94 valence electrons. The summed E-state index contributed by atoms with van der Waals surface area (Å²) in [6, 6.07) is 6.28. The maximum absolute atomic E-state index is 11.0. The van der Waals surface area contributed by atoms with E-state index < -0.39 is 5.60 Å². The molecule has 1 fully saturated rings. The lowest BCUT2D eigenvalue weighted by molar-refractivity contribution is -0.123. The second-order valence-corrected chi connectivity index (χ2v) is 5.21. The Hall–Kier alpha value is -0.860. The van der Waals surface area contributed by atoms with Crippen LogP contribution in [0.2, 0.25) is 0 Å². The summed E-state index contributed by atoms with van der Waals surface area (Å²) in [7, 11) is 1.70. The Kier molecular flexibility index (Phi) is 3.55. The zero-order valence-electron chi connectivity index (χ0n) is 11.0. The number of rotatable bonds is 2. The lowest BCUT2D eigenvalue weighted by atomic mass is 9.75. The van der Waals surface area contributed by atoms with E-state index >= 15 is 0 Å². The van der Waals surface area contributed by atoms with Crippen molar-refractivity contribution >= 4 is 0 Å². The van der Waals surface area contributed by atoms with Gasteiger partial charge < -0.3 is 9.84 Å². The number of aryl methyl sites for hydroxylation is 2. The van der Waals surface area contributed by atoms with E-state index in [1.165, 1.54) is 5.56 Å². The first-order valence-electron chi connectivity index (χ1n) is 6.41. The van der Waals surface area contributed by atoms with Crippen molar-refractivity contribution in [3.05, 3.63) is 34.9 Å². The van der Waals surface area contributed by atoms with Gasteiger partial charge in [0, 0.05) is 7.11 Å². The Balaban J connectivity index is 2.44. The third-order valence-electron chi connectivity index (χ3n) is 3.95. The Labute approximate surface area is 104 Å². The van der Waals surface area contributed by atoms with Crippen LogP contribution in [0.4, 0.5) is 0 Å². The predicted octanol–water partition coefficient (Wildman–Crippen LogP) is 3.08. The first-order chi connectivity index (χ1) is 8.08. The van der Waals surface area contributed by atoms with Crippen molar-refractivity contribution in [2.24, 2.45) is 0 Å². The molecule has 2 heteroatoms. The monoisotopic (exact) mass is 234 g/mol. The first kappa shape index (κ1) is 12.6. The molecule has 2 rings (SSSR count). The molecule has 2 unspecified atom stereocenters. The minimum Gasteiger partial charge on any atom is -0.382 e. The number of hydrogen-bond donors (Lipinski definition) is 1. The molecule has 0 aliphatic heterocycles. The maximum atomic E-state index is 11.0. The molecule has 1 saturated carbocycles. The van der Waals surface area contributed by atoms with Gasteiger partial charge in [-0.25, -0.2) is 0 Å². The summed E-state index contributed by atoms with van der Waals surface area (Å²) < 4.78 is 5.51. The quantitative estimate of drug-likeness (QED) is 0.852. The van der Waals surface area contributed by atoms with Crippen LogP contribution in [0.25, 0.3) is 0 Å². The Morgan fingerprint density at radius 1 is 1.29 bits per heavy atom. The molecule has 2 nitrogen and oxygen atoms in total. The molecule has 2 atom stereocenters. The Morgan fingerprint density at radius 2 is 2.06 bits per heavy atom. The van der Waals surface area contributed by atoms with Gasteiger partial charge in [-0.2, -0.15) is 0 Å². The SMILES string of the molecule is COC1CCCCC1(O)c1cc(C)ccc1C. The molecule has 1 aromatic rings. The standard InChI is InChI=1S/C15H22O2/c1-11-7-8-12(2)13(10-11)15(16)9-5-4-6-14(15)17-3/h7-8,10,14,16H,4-6,9H2,1-3H3. The van der Waals surface area contributed by atoms with Crippen LogP contribution in [0, 0.1) is 13.8 Å². The number of ether oxygens (including phenoxy) is 1. The zero-order valence-corrected chi connectivity index (χ0v) is 11.0. The van der Waals surface area contributed by atoms with E-state index in [1.807, 2.05) is 0 Å². The van der Waals surface area contributed by atoms with Gasteiger partial charge in [0.05, 0.1) is 6.10 Å². The lowest BCUT2D eigenvalue weighted by Gasteiger charge is -2.40. The predicted molar refractivity (Wildman–Crippen MR) is 69.1 cm³/mol. The first-order valence-corrected chi connectivity index (χ1v) is 6.41. The highest BCUT2D eigenvalue weighted by Gasteiger charge is 2.41. The largest absolute Gasteiger partial charge is 0.382 e. The fourth-order valence-corrected chi connectivity index (χ4v) is 2.95. The van der Waals surface area contributed by atoms with Crippen LogP contribution in [0.5, 0.6) is 0 Å². The smallest absolute Gasteiger partial charge is 0.116 e. The lowest BCUT2D eigenvalue weighted by Crippen LogP contribution is -2.43. The van der Waals surface area contributed by atoms with Gasteiger partial charge in [0.1, 0.15) is 5.60 Å². The van der Waals surface area contributed by atoms with Gasteiger partial charge >= 0.3 is 0 Å². The van der Waals surface area contributed by atoms with Gasteiger partial charge in [0.25, 0.3) is 0 Å². The average molecular weight is 234 g/mol. The fourth-order valence-electron chi connectivity index (χ4n) is 2.95. The van der Waals surface area contributed by atoms with Crippen molar-refractivity contribution in [2.75, 3.05) is 7.11 Å². The van der Waals surface area contributed by atoms with E-state index in [1.54, 1.807) is 7.11 Å². The van der Waals surface area contributed by atoms with Gasteiger partial charge in [-0.05, 0) is 37.8 Å². The van der Waals surface area contributed by atoms with Crippen LogP contribution in [0.3, 0.4) is 0 Å². The zero-order chi connectivity index (χ0) is 12.5. The number of aliphatic hydroxyl groups is 1. The van der Waals surface area contributed by atoms with E-state index in [9.17, 15) is 5.11 Å². The van der Waals surface area contributed by atoms with Crippen LogP contribution in [0.1, 0.15) is 42.4 Å². The highest BCUT2D eigenvalue weighted by atomic mass is 16.5. The average Bonchev–Trinajstić information content (AvgIpc) is 2.33. The van der Waals surface area contributed by atoms with Crippen LogP contribution in [-0.4, -0.2) is 18.3 Å². The molecular weight excluding hydrogens is 212 g/mol. The summed E-state index contributed by atoms with van der Waals surface area (Å²) in [5, 5.41) is 11.0. The van der Waals surface area contributed by atoms with Crippen molar-refractivity contribution in [3.63, 3.8) is 0 Å². The van der Waals surface area contributed by atoms with Crippen molar-refractivity contribution in [1.29, 1.82) is 0 Å². The van der Waals surface area contributed by atoms with E-state index in [0.29, 0.717) is 0 Å². The number of benzene rings is 1. The highest BCUT2D eigenvalue weighted by Crippen LogP contribution is 2.40. The van der Waals surface area contributed by atoms with Gasteiger partial charge in [-0.15, -0.1) is 0 Å². The molecule has 0 bridgehead atoms. The van der Waals surface area contributed by atoms with E-state index in [0.717, 1.165) is 36.8 Å². The minimum absolute atomic E-state index is 0.0725. The second-order valence-electron chi connectivity index (χ2n) is 5.21. The van der Waals surface area contributed by atoms with Crippen molar-refractivity contribution in [3.8, 4) is 0 Å². The maximum Gasteiger partial charge on any atom is 0.116 e. The molecule has 1 aliphatic rings. The highest BCUT2D eigenvalue weighted by molar-refractivity contribution is 5.36. The molecule has 17 heavy (non-hydrogen) atoms. The van der Waals surface area contributed by atoms with Crippen LogP contribution in [0.15, 0.2) is 18.2 Å². The number of hydrogen-bond acceptors (Lipinski definition) is 2. The second kappa shape index (κ2) is 4.79. The third kappa shape index (κ3) is 2.24.